The summed E-state index contributed by atoms with van der Waals surface area (Å²) < 4.78 is 0. The molecular formula is C19H16N5O3+. The van der Waals surface area contributed by atoms with Crippen molar-refractivity contribution in [2.24, 2.45) is 10.1 Å². The number of aromatic amines is 1. The van der Waals surface area contributed by atoms with Gasteiger partial charge in [0.05, 0.1) is 16.8 Å². The number of amidine groups is 1. The summed E-state index contributed by atoms with van der Waals surface area (Å²) in [5, 5.41) is 24.8. The highest BCUT2D eigenvalue weighted by molar-refractivity contribution is 5.98. The van der Waals surface area contributed by atoms with E-state index in [4.69, 9.17) is 0 Å². The maximum Gasteiger partial charge on any atom is 0.270 e. The van der Waals surface area contributed by atoms with Gasteiger partial charge in [-0.05, 0) is 24.3 Å². The summed E-state index contributed by atoms with van der Waals surface area (Å²) in [4.78, 5) is 17.9. The molecule has 0 fully saturated rings. The number of aromatic nitrogens is 1. The molecule has 8 heteroatoms. The molecule has 0 spiro atoms. The third-order valence-electron chi connectivity index (χ3n) is 3.56. The lowest BCUT2D eigenvalue weighted by atomic mass is 10.2. The lowest BCUT2D eigenvalue weighted by Gasteiger charge is -2.03. The summed E-state index contributed by atoms with van der Waals surface area (Å²) in [6.45, 7) is 0. The van der Waals surface area contributed by atoms with Gasteiger partial charge >= 0.3 is 0 Å². The van der Waals surface area contributed by atoms with Crippen molar-refractivity contribution < 1.29 is 15.0 Å². The van der Waals surface area contributed by atoms with Gasteiger partial charge in [-0.15, -0.1) is 0 Å². The van der Waals surface area contributed by atoms with Crippen LogP contribution in [0.1, 0.15) is 11.3 Å². The molecule has 134 valence electrons. The summed E-state index contributed by atoms with van der Waals surface area (Å²) >= 11 is 0. The van der Waals surface area contributed by atoms with E-state index in [1.165, 1.54) is 24.4 Å². The van der Waals surface area contributed by atoms with Crippen LogP contribution in [-0.2, 0) is 0 Å². The van der Waals surface area contributed by atoms with Crippen LogP contribution in [-0.4, -0.2) is 22.1 Å². The van der Waals surface area contributed by atoms with Crippen LogP contribution >= 0.6 is 0 Å². The van der Waals surface area contributed by atoms with Crippen molar-refractivity contribution in [2.75, 3.05) is 0 Å². The number of aliphatic imine (C=N–C) groups is 1. The van der Waals surface area contributed by atoms with Crippen molar-refractivity contribution in [2.45, 2.75) is 0 Å². The number of para-hydroxylation sites is 1. The van der Waals surface area contributed by atoms with E-state index in [-0.39, 0.29) is 17.0 Å². The lowest BCUT2D eigenvalue weighted by molar-refractivity contribution is -0.384. The SMILES string of the molecule is O=[N+]([O-])c1ccc(O)c(/C=N/NC(=Nc2ccccc2)c2cccc[nH+]2)c1. The number of H-pyrrole nitrogens is 1. The fraction of sp³-hybridized carbons (Fsp3) is 0. The largest absolute Gasteiger partial charge is 0.507 e. The number of nitro benzene ring substituents is 1. The molecule has 27 heavy (non-hydrogen) atoms. The summed E-state index contributed by atoms with van der Waals surface area (Å²) in [6, 6.07) is 18.6. The van der Waals surface area contributed by atoms with Crippen molar-refractivity contribution >= 4 is 23.4 Å². The van der Waals surface area contributed by atoms with Crippen LogP contribution in [0.3, 0.4) is 0 Å². The first-order chi connectivity index (χ1) is 13.1. The van der Waals surface area contributed by atoms with E-state index in [1.54, 1.807) is 6.20 Å². The van der Waals surface area contributed by atoms with Crippen LogP contribution in [0.4, 0.5) is 11.4 Å². The average Bonchev–Trinajstić information content (AvgIpc) is 2.70. The van der Waals surface area contributed by atoms with Gasteiger partial charge in [0.2, 0.25) is 11.5 Å². The Morgan fingerprint density at radius 3 is 2.59 bits per heavy atom. The predicted octanol–water partition coefficient (Wildman–Crippen LogP) is 2.82. The average molecular weight is 362 g/mol. The molecule has 0 saturated heterocycles. The number of nitrogens with zero attached hydrogens (tertiary/aromatic N) is 3. The van der Waals surface area contributed by atoms with Gasteiger partial charge in [-0.1, -0.05) is 18.2 Å². The topological polar surface area (TPSA) is 114 Å². The fourth-order valence-corrected chi connectivity index (χ4v) is 2.24. The van der Waals surface area contributed by atoms with Gasteiger partial charge in [-0.2, -0.15) is 5.10 Å². The molecule has 0 aliphatic carbocycles. The number of benzene rings is 2. The van der Waals surface area contributed by atoms with Gasteiger partial charge in [0.15, 0.2) is 6.20 Å². The van der Waals surface area contributed by atoms with Crippen LogP contribution in [0.25, 0.3) is 0 Å². The number of rotatable bonds is 5. The molecule has 0 aliphatic rings. The molecular weight excluding hydrogens is 346 g/mol. The molecule has 3 N–H and O–H groups in total. The van der Waals surface area contributed by atoms with E-state index in [0.29, 0.717) is 11.5 Å². The van der Waals surface area contributed by atoms with Gasteiger partial charge in [-0.3, -0.25) is 15.5 Å². The number of aromatic hydroxyl groups is 1. The maximum absolute atomic E-state index is 10.9. The first-order valence-corrected chi connectivity index (χ1v) is 8.01. The lowest BCUT2D eigenvalue weighted by Crippen LogP contribution is -2.26. The molecule has 0 aliphatic heterocycles. The van der Waals surface area contributed by atoms with Crippen LogP contribution in [0.15, 0.2) is 83.0 Å². The molecule has 2 aromatic carbocycles. The second kappa shape index (κ2) is 8.34. The molecule has 0 saturated carbocycles. The third-order valence-corrected chi connectivity index (χ3v) is 3.56. The minimum Gasteiger partial charge on any atom is -0.507 e. The van der Waals surface area contributed by atoms with E-state index in [9.17, 15) is 15.2 Å². The van der Waals surface area contributed by atoms with Gasteiger partial charge in [0, 0.05) is 29.8 Å². The molecule has 0 radical (unpaired) electrons. The number of phenols is 1. The number of pyridine rings is 1. The monoisotopic (exact) mass is 362 g/mol. The second-order valence-electron chi connectivity index (χ2n) is 5.44. The van der Waals surface area contributed by atoms with E-state index in [0.717, 1.165) is 5.69 Å². The van der Waals surface area contributed by atoms with E-state index in [2.05, 4.69) is 20.5 Å². The van der Waals surface area contributed by atoms with Crippen molar-refractivity contribution in [3.63, 3.8) is 0 Å². The molecule has 3 aromatic rings. The number of phenolic OH excluding ortho intramolecular Hbond substituents is 1. The second-order valence-corrected chi connectivity index (χ2v) is 5.44. The predicted molar refractivity (Wildman–Crippen MR) is 101 cm³/mol. The first kappa shape index (κ1) is 17.7. The Bertz CT molecular complexity index is 989. The summed E-state index contributed by atoms with van der Waals surface area (Å²) in [7, 11) is 0. The Balaban J connectivity index is 1.88. The molecule has 0 bridgehead atoms. The summed E-state index contributed by atoms with van der Waals surface area (Å²) in [5.74, 6) is 0.335. The smallest absolute Gasteiger partial charge is 0.270 e. The van der Waals surface area contributed by atoms with E-state index < -0.39 is 4.92 Å². The van der Waals surface area contributed by atoms with Gasteiger partial charge in [-0.25, -0.2) is 9.98 Å². The Hall–Kier alpha value is -4.07. The Labute approximate surface area is 154 Å². The van der Waals surface area contributed by atoms with Crippen molar-refractivity contribution in [1.82, 2.24) is 5.43 Å². The van der Waals surface area contributed by atoms with Crippen molar-refractivity contribution in [1.29, 1.82) is 0 Å². The van der Waals surface area contributed by atoms with Crippen LogP contribution in [0.5, 0.6) is 5.75 Å². The zero-order chi connectivity index (χ0) is 19.1. The summed E-state index contributed by atoms with van der Waals surface area (Å²) in [6.07, 6.45) is 3.05. The van der Waals surface area contributed by atoms with Gasteiger partial charge in [0.25, 0.3) is 5.69 Å². The quantitative estimate of drug-likeness (QED) is 0.314. The number of hydrogen-bond acceptors (Lipinski definition) is 5. The molecule has 0 atom stereocenters. The molecule has 8 nitrogen and oxygen atoms in total. The number of hydrogen-bond donors (Lipinski definition) is 2. The standard InChI is InChI=1S/C19H15N5O3/c25-18-10-9-16(24(26)27)12-14(18)13-21-23-19(17-8-4-5-11-20-17)22-15-6-2-1-3-7-15/h1-13,25H,(H,22,23)/p+1/b21-13+. The molecule has 0 amide bonds. The summed E-state index contributed by atoms with van der Waals surface area (Å²) in [5.41, 5.74) is 4.32. The zero-order valence-corrected chi connectivity index (χ0v) is 14.1. The third kappa shape index (κ3) is 4.73. The molecule has 1 aromatic heterocycles. The molecule has 3 rings (SSSR count). The normalized spacial score (nSPS) is 11.5. The number of nitrogens with one attached hydrogen (secondary N) is 2. The molecule has 1 heterocycles. The highest BCUT2D eigenvalue weighted by Gasteiger charge is 2.11. The Kier molecular flexibility index (Phi) is 5.48. The fourth-order valence-electron chi connectivity index (χ4n) is 2.24. The van der Waals surface area contributed by atoms with Crippen LogP contribution in [0.2, 0.25) is 0 Å². The van der Waals surface area contributed by atoms with Crippen molar-refractivity contribution in [3.05, 3.63) is 94.3 Å². The highest BCUT2D eigenvalue weighted by atomic mass is 16.6. The zero-order valence-electron chi connectivity index (χ0n) is 14.1. The number of hydrazone groups is 1. The molecule has 0 unspecified atom stereocenters. The maximum atomic E-state index is 10.9. The van der Waals surface area contributed by atoms with Crippen LogP contribution in [0, 0.1) is 10.1 Å². The van der Waals surface area contributed by atoms with Gasteiger partial charge < -0.3 is 5.11 Å². The Morgan fingerprint density at radius 1 is 1.11 bits per heavy atom. The van der Waals surface area contributed by atoms with E-state index >= 15 is 0 Å². The highest BCUT2D eigenvalue weighted by Crippen LogP contribution is 2.21. The minimum atomic E-state index is -0.536. The van der Waals surface area contributed by atoms with Gasteiger partial charge in [0.1, 0.15) is 5.75 Å². The first-order valence-electron chi connectivity index (χ1n) is 8.01. The number of non-ortho nitro benzene ring substituents is 1. The Morgan fingerprint density at radius 2 is 1.89 bits per heavy atom. The minimum absolute atomic E-state index is 0.112. The van der Waals surface area contributed by atoms with E-state index in [1.807, 2.05) is 48.5 Å². The van der Waals surface area contributed by atoms with Crippen LogP contribution < -0.4 is 10.4 Å². The number of nitro groups is 1. The van der Waals surface area contributed by atoms with Crippen molar-refractivity contribution in [3.8, 4) is 5.75 Å².